The Bertz CT molecular complexity index is 537. The van der Waals surface area contributed by atoms with Gasteiger partial charge in [0.05, 0.1) is 5.56 Å². The van der Waals surface area contributed by atoms with Gasteiger partial charge in [-0.05, 0) is 23.9 Å². The maximum Gasteiger partial charge on any atom is 0.149 e. The lowest BCUT2D eigenvalue weighted by Gasteiger charge is -2.19. The highest BCUT2D eigenvalue weighted by atomic mass is 32.1. The molecular formula is C12H18N4S2. The van der Waals surface area contributed by atoms with Crippen molar-refractivity contribution in [2.75, 3.05) is 17.6 Å². The van der Waals surface area contributed by atoms with Crippen molar-refractivity contribution in [3.05, 3.63) is 11.1 Å². The van der Waals surface area contributed by atoms with Gasteiger partial charge in [0.1, 0.15) is 15.8 Å². The summed E-state index contributed by atoms with van der Waals surface area (Å²) >= 11 is 3.01. The molecule has 4 nitrogen and oxygen atoms in total. The van der Waals surface area contributed by atoms with E-state index in [0.29, 0.717) is 5.82 Å². The lowest BCUT2D eigenvalue weighted by atomic mass is 9.97. The molecule has 0 aliphatic rings. The zero-order valence-corrected chi connectivity index (χ0v) is 12.7. The Morgan fingerprint density at radius 1 is 1.39 bits per heavy atom. The first-order valence-corrected chi connectivity index (χ1v) is 7.43. The van der Waals surface area contributed by atoms with Gasteiger partial charge in [0.15, 0.2) is 0 Å². The number of thiazole rings is 1. The van der Waals surface area contributed by atoms with Crippen molar-refractivity contribution in [1.82, 2.24) is 9.36 Å². The van der Waals surface area contributed by atoms with E-state index in [1.54, 1.807) is 11.3 Å². The Hall–Kier alpha value is -1.14. The Kier molecular flexibility index (Phi) is 3.59. The molecule has 0 amide bonds. The second-order valence-corrected chi connectivity index (χ2v) is 7.11. The van der Waals surface area contributed by atoms with E-state index in [4.69, 9.17) is 5.73 Å². The second kappa shape index (κ2) is 4.85. The van der Waals surface area contributed by atoms with Crippen LogP contribution < -0.4 is 11.1 Å². The van der Waals surface area contributed by atoms with E-state index in [9.17, 15) is 0 Å². The molecule has 0 aliphatic heterocycles. The number of aryl methyl sites for hydroxylation is 1. The van der Waals surface area contributed by atoms with Crippen LogP contribution >= 0.6 is 22.9 Å². The number of hydrogen-bond donors (Lipinski definition) is 2. The van der Waals surface area contributed by atoms with Crippen LogP contribution in [0.4, 0.5) is 10.8 Å². The molecule has 0 spiro atoms. The van der Waals surface area contributed by atoms with Gasteiger partial charge in [-0.2, -0.15) is 4.37 Å². The fourth-order valence-electron chi connectivity index (χ4n) is 1.44. The zero-order chi connectivity index (χ0) is 13.3. The smallest absolute Gasteiger partial charge is 0.149 e. The van der Waals surface area contributed by atoms with Crippen molar-refractivity contribution in [3.8, 4) is 10.6 Å². The molecule has 98 valence electrons. The molecule has 2 rings (SSSR count). The molecular weight excluding hydrogens is 264 g/mol. The highest BCUT2D eigenvalue weighted by Crippen LogP contribution is 2.38. The van der Waals surface area contributed by atoms with Gasteiger partial charge in [0.25, 0.3) is 0 Å². The molecule has 2 aromatic heterocycles. The summed E-state index contributed by atoms with van der Waals surface area (Å²) in [5.41, 5.74) is 8.13. The van der Waals surface area contributed by atoms with Gasteiger partial charge < -0.3 is 11.1 Å². The minimum Gasteiger partial charge on any atom is -0.382 e. The first-order valence-electron chi connectivity index (χ1n) is 5.78. The summed E-state index contributed by atoms with van der Waals surface area (Å²) in [6.45, 7) is 9.44. The number of aromatic nitrogens is 2. The number of nitrogens with one attached hydrogen (secondary N) is 1. The molecule has 0 unspecified atom stereocenters. The van der Waals surface area contributed by atoms with Crippen molar-refractivity contribution >= 4 is 33.7 Å². The van der Waals surface area contributed by atoms with Crippen LogP contribution in [-0.2, 0) is 0 Å². The average molecular weight is 282 g/mol. The summed E-state index contributed by atoms with van der Waals surface area (Å²) < 4.78 is 4.23. The van der Waals surface area contributed by atoms with Gasteiger partial charge in [-0.15, -0.1) is 11.3 Å². The van der Waals surface area contributed by atoms with Crippen LogP contribution in [0.2, 0.25) is 0 Å². The Morgan fingerprint density at radius 3 is 2.67 bits per heavy atom. The number of nitrogens with zero attached hydrogens (tertiary/aromatic N) is 2. The van der Waals surface area contributed by atoms with Crippen LogP contribution in [-0.4, -0.2) is 15.9 Å². The van der Waals surface area contributed by atoms with E-state index in [1.165, 1.54) is 11.5 Å². The van der Waals surface area contributed by atoms with Gasteiger partial charge in [-0.1, -0.05) is 20.8 Å². The molecule has 0 radical (unpaired) electrons. The van der Waals surface area contributed by atoms with Gasteiger partial charge >= 0.3 is 0 Å². The van der Waals surface area contributed by atoms with Crippen molar-refractivity contribution < 1.29 is 0 Å². The van der Waals surface area contributed by atoms with Crippen molar-refractivity contribution in [2.45, 2.75) is 27.7 Å². The fraction of sp³-hybridized carbons (Fsp3) is 0.500. The van der Waals surface area contributed by atoms with E-state index >= 15 is 0 Å². The Morgan fingerprint density at radius 2 is 2.11 bits per heavy atom. The van der Waals surface area contributed by atoms with Crippen molar-refractivity contribution in [2.24, 2.45) is 5.41 Å². The Labute approximate surface area is 115 Å². The van der Waals surface area contributed by atoms with Crippen LogP contribution in [0, 0.1) is 12.3 Å². The van der Waals surface area contributed by atoms with Crippen molar-refractivity contribution in [3.63, 3.8) is 0 Å². The minimum atomic E-state index is 0.217. The predicted octanol–water partition coefficient (Wildman–Crippen LogP) is 3.62. The highest BCUT2D eigenvalue weighted by Gasteiger charge is 2.18. The first-order chi connectivity index (χ1) is 8.37. The summed E-state index contributed by atoms with van der Waals surface area (Å²) in [5.74, 6) is 0.561. The third-order valence-corrected chi connectivity index (χ3v) is 4.13. The summed E-state index contributed by atoms with van der Waals surface area (Å²) in [5, 5.41) is 7.40. The number of anilines is 2. The van der Waals surface area contributed by atoms with E-state index in [2.05, 4.69) is 35.4 Å². The molecule has 0 atom stereocenters. The topological polar surface area (TPSA) is 63.8 Å². The van der Waals surface area contributed by atoms with E-state index in [-0.39, 0.29) is 5.41 Å². The second-order valence-electron chi connectivity index (χ2n) is 5.48. The lowest BCUT2D eigenvalue weighted by molar-refractivity contribution is 0.443. The number of nitrogen functional groups attached to an aromatic ring is 1. The molecule has 18 heavy (non-hydrogen) atoms. The normalized spacial score (nSPS) is 11.8. The number of hydrogen-bond acceptors (Lipinski definition) is 6. The molecule has 2 heterocycles. The predicted molar refractivity (Wildman–Crippen MR) is 80.3 cm³/mol. The maximum absolute atomic E-state index is 5.95. The first kappa shape index (κ1) is 13.3. The third kappa shape index (κ3) is 3.00. The molecule has 0 aliphatic carbocycles. The van der Waals surface area contributed by atoms with Crippen molar-refractivity contribution in [1.29, 1.82) is 0 Å². The maximum atomic E-state index is 5.95. The summed E-state index contributed by atoms with van der Waals surface area (Å²) in [7, 11) is 0. The molecule has 0 fully saturated rings. The minimum absolute atomic E-state index is 0.217. The van der Waals surface area contributed by atoms with Crippen LogP contribution in [0.3, 0.4) is 0 Å². The summed E-state index contributed by atoms with van der Waals surface area (Å²) in [4.78, 5) is 4.48. The molecule has 2 aromatic rings. The van der Waals surface area contributed by atoms with Gasteiger partial charge in [-0.3, -0.25) is 0 Å². The average Bonchev–Trinajstić information content (AvgIpc) is 2.81. The molecule has 0 aromatic carbocycles. The molecule has 0 saturated heterocycles. The highest BCUT2D eigenvalue weighted by molar-refractivity contribution is 7.15. The van der Waals surface area contributed by atoms with E-state index in [1.807, 2.05) is 12.3 Å². The molecule has 3 N–H and O–H groups in total. The van der Waals surface area contributed by atoms with Crippen LogP contribution in [0.15, 0.2) is 5.38 Å². The number of rotatable bonds is 3. The number of nitrogens with two attached hydrogens (primary N) is 1. The van der Waals surface area contributed by atoms with Crippen LogP contribution in [0.5, 0.6) is 0 Å². The largest absolute Gasteiger partial charge is 0.382 e. The molecule has 0 saturated carbocycles. The van der Waals surface area contributed by atoms with E-state index in [0.717, 1.165) is 27.8 Å². The van der Waals surface area contributed by atoms with E-state index < -0.39 is 0 Å². The lowest BCUT2D eigenvalue weighted by Crippen LogP contribution is -2.18. The van der Waals surface area contributed by atoms with Gasteiger partial charge in [0, 0.05) is 17.6 Å². The summed E-state index contributed by atoms with van der Waals surface area (Å²) in [6, 6.07) is 0. The molecule has 6 heteroatoms. The SMILES string of the molecule is Cc1csc(-c2c(N)nsc2NCC(C)(C)C)n1. The van der Waals surface area contributed by atoms with Gasteiger partial charge in [0.2, 0.25) is 0 Å². The summed E-state index contributed by atoms with van der Waals surface area (Å²) in [6.07, 6.45) is 0. The zero-order valence-electron chi connectivity index (χ0n) is 11.1. The monoisotopic (exact) mass is 282 g/mol. The van der Waals surface area contributed by atoms with Crippen LogP contribution in [0.25, 0.3) is 10.6 Å². The third-order valence-electron chi connectivity index (χ3n) is 2.33. The van der Waals surface area contributed by atoms with Gasteiger partial charge in [-0.25, -0.2) is 4.98 Å². The fourth-order valence-corrected chi connectivity index (χ4v) is 3.07. The van der Waals surface area contributed by atoms with Crippen LogP contribution in [0.1, 0.15) is 26.5 Å². The quantitative estimate of drug-likeness (QED) is 0.902. The Balaban J connectivity index is 2.28. The standard InChI is InChI=1S/C12H18N4S2/c1-7-5-17-11(15-7)8-9(13)16-18-10(8)14-6-12(2,3)4/h5,14H,6H2,1-4H3,(H2,13,16). The molecule has 0 bridgehead atoms.